The molecular weight excluding hydrogens is 384 g/mol. The number of hydrogen-bond donors (Lipinski definition) is 2. The molecule has 0 saturated heterocycles. The maximum absolute atomic E-state index is 12.4. The Kier molecular flexibility index (Phi) is 7.58. The van der Waals surface area contributed by atoms with Crippen LogP contribution >= 0.6 is 24.2 Å². The normalized spacial score (nSPS) is 10.6. The Morgan fingerprint density at radius 3 is 2.81 bits per heavy atom. The molecule has 3 aromatic rings. The summed E-state index contributed by atoms with van der Waals surface area (Å²) in [4.78, 5) is 21.2. The number of carbonyl (C=O) groups excluding carboxylic acids is 1. The Morgan fingerprint density at radius 2 is 2.04 bits per heavy atom. The van der Waals surface area contributed by atoms with Crippen molar-refractivity contribution in [2.45, 2.75) is 31.2 Å². The lowest BCUT2D eigenvalue weighted by Crippen LogP contribution is -2.26. The highest BCUT2D eigenvalue weighted by Crippen LogP contribution is 2.22. The fourth-order valence-electron chi connectivity index (χ4n) is 2.62. The van der Waals surface area contributed by atoms with E-state index in [1.165, 1.54) is 11.8 Å². The molecule has 0 fully saturated rings. The number of halogens is 1. The van der Waals surface area contributed by atoms with Gasteiger partial charge in [0.15, 0.2) is 0 Å². The summed E-state index contributed by atoms with van der Waals surface area (Å²) in [7, 11) is 0. The zero-order chi connectivity index (χ0) is 18.5. The number of benzene rings is 1. The van der Waals surface area contributed by atoms with Gasteiger partial charge < -0.3 is 11.1 Å². The molecule has 3 N–H and O–H groups in total. The number of aryl methyl sites for hydroxylation is 2. The van der Waals surface area contributed by atoms with Crippen LogP contribution in [0.4, 0.5) is 0 Å². The summed E-state index contributed by atoms with van der Waals surface area (Å²) in [5, 5.41) is 8.04. The second-order valence-electron chi connectivity index (χ2n) is 5.99. The Labute approximate surface area is 168 Å². The smallest absolute Gasteiger partial charge is 0.253 e. The Balaban J connectivity index is 0.00000261. The first kappa shape index (κ1) is 21.1. The van der Waals surface area contributed by atoms with E-state index in [9.17, 15) is 4.79 Å². The predicted molar refractivity (Wildman–Crippen MR) is 110 cm³/mol. The first-order valence-electron chi connectivity index (χ1n) is 8.48. The maximum atomic E-state index is 12.4. The van der Waals surface area contributed by atoms with Crippen molar-refractivity contribution in [2.24, 2.45) is 5.73 Å². The van der Waals surface area contributed by atoms with E-state index in [1.54, 1.807) is 4.52 Å². The summed E-state index contributed by atoms with van der Waals surface area (Å²) < 4.78 is 1.74. The van der Waals surface area contributed by atoms with Crippen LogP contribution in [0.25, 0.3) is 5.78 Å². The Hall–Kier alpha value is -2.16. The fraction of sp³-hybridized carbons (Fsp3) is 0.333. The molecule has 0 atom stereocenters. The summed E-state index contributed by atoms with van der Waals surface area (Å²) in [6.45, 7) is 5.05. The Bertz CT molecular complexity index is 929. The molecule has 0 aliphatic heterocycles. The van der Waals surface area contributed by atoms with Gasteiger partial charge in [0, 0.05) is 29.2 Å². The van der Waals surface area contributed by atoms with Crippen LogP contribution in [0.2, 0.25) is 0 Å². The number of rotatable bonds is 7. The van der Waals surface area contributed by atoms with Crippen molar-refractivity contribution in [3.63, 3.8) is 0 Å². The minimum absolute atomic E-state index is 0. The van der Waals surface area contributed by atoms with Gasteiger partial charge in [-0.2, -0.15) is 4.98 Å². The van der Waals surface area contributed by atoms with E-state index in [4.69, 9.17) is 5.73 Å². The molecule has 0 saturated carbocycles. The van der Waals surface area contributed by atoms with Gasteiger partial charge in [-0.1, -0.05) is 30.0 Å². The molecule has 2 heterocycles. The second-order valence-corrected chi connectivity index (χ2v) is 6.93. The number of carbonyl (C=O) groups is 1. The molecule has 0 aliphatic rings. The average Bonchev–Trinajstić information content (AvgIpc) is 3.03. The lowest BCUT2D eigenvalue weighted by Gasteiger charge is -2.09. The Morgan fingerprint density at radius 1 is 1.26 bits per heavy atom. The van der Waals surface area contributed by atoms with Crippen LogP contribution in [0.5, 0.6) is 0 Å². The monoisotopic (exact) mass is 406 g/mol. The van der Waals surface area contributed by atoms with Gasteiger partial charge in [-0.05, 0) is 44.5 Å². The third-order valence-electron chi connectivity index (χ3n) is 3.88. The van der Waals surface area contributed by atoms with E-state index in [2.05, 4.69) is 20.4 Å². The van der Waals surface area contributed by atoms with Crippen LogP contribution in [0.15, 0.2) is 35.5 Å². The van der Waals surface area contributed by atoms with Gasteiger partial charge in [0.2, 0.25) is 5.16 Å². The van der Waals surface area contributed by atoms with Crippen LogP contribution in [-0.4, -0.2) is 38.6 Å². The molecule has 0 aliphatic carbocycles. The molecule has 0 unspecified atom stereocenters. The molecule has 27 heavy (non-hydrogen) atoms. The van der Waals surface area contributed by atoms with Crippen molar-refractivity contribution in [2.75, 3.05) is 13.1 Å². The van der Waals surface area contributed by atoms with Crippen molar-refractivity contribution >= 4 is 35.9 Å². The third kappa shape index (κ3) is 5.18. The summed E-state index contributed by atoms with van der Waals surface area (Å²) in [5.74, 6) is 1.12. The van der Waals surface area contributed by atoms with Gasteiger partial charge in [-0.15, -0.1) is 17.5 Å². The van der Waals surface area contributed by atoms with Crippen LogP contribution in [0, 0.1) is 13.8 Å². The molecule has 3 rings (SSSR count). The van der Waals surface area contributed by atoms with Gasteiger partial charge >= 0.3 is 0 Å². The third-order valence-corrected chi connectivity index (χ3v) is 4.77. The summed E-state index contributed by atoms with van der Waals surface area (Å²) in [5.41, 5.74) is 9.00. The predicted octanol–water partition coefficient (Wildman–Crippen LogP) is 2.53. The minimum atomic E-state index is -0.0780. The summed E-state index contributed by atoms with van der Waals surface area (Å²) in [6.07, 6.45) is 0.763. The number of nitrogens with one attached hydrogen (secondary N) is 1. The average molecular weight is 407 g/mol. The van der Waals surface area contributed by atoms with Gasteiger partial charge in [0.1, 0.15) is 0 Å². The molecule has 2 aromatic heterocycles. The van der Waals surface area contributed by atoms with Crippen molar-refractivity contribution in [1.29, 1.82) is 0 Å². The van der Waals surface area contributed by atoms with Crippen LogP contribution in [0.1, 0.15) is 33.7 Å². The van der Waals surface area contributed by atoms with Crippen molar-refractivity contribution in [1.82, 2.24) is 24.9 Å². The molecule has 7 nitrogen and oxygen atoms in total. The van der Waals surface area contributed by atoms with Gasteiger partial charge in [0.25, 0.3) is 11.7 Å². The molecule has 0 bridgehead atoms. The number of nitrogens with zero attached hydrogens (tertiary/aromatic N) is 4. The summed E-state index contributed by atoms with van der Waals surface area (Å²) >= 11 is 1.49. The first-order chi connectivity index (χ1) is 12.6. The van der Waals surface area contributed by atoms with Crippen LogP contribution < -0.4 is 11.1 Å². The van der Waals surface area contributed by atoms with Crippen LogP contribution in [-0.2, 0) is 5.75 Å². The van der Waals surface area contributed by atoms with Crippen molar-refractivity contribution < 1.29 is 4.79 Å². The van der Waals surface area contributed by atoms with E-state index in [0.29, 0.717) is 35.3 Å². The van der Waals surface area contributed by atoms with Crippen molar-refractivity contribution in [3.8, 4) is 0 Å². The molecule has 0 spiro atoms. The first-order valence-corrected chi connectivity index (χ1v) is 9.47. The number of amides is 1. The SMILES string of the molecule is Cc1cc(C)n2nc(SCc3ccccc3C(=O)NCCCN)nc2n1.Cl. The quantitative estimate of drug-likeness (QED) is 0.462. The highest BCUT2D eigenvalue weighted by Gasteiger charge is 2.13. The lowest BCUT2D eigenvalue weighted by atomic mass is 10.1. The highest BCUT2D eigenvalue weighted by molar-refractivity contribution is 7.98. The topological polar surface area (TPSA) is 98.2 Å². The number of thioether (sulfide) groups is 1. The van der Waals surface area contributed by atoms with E-state index < -0.39 is 0 Å². The summed E-state index contributed by atoms with van der Waals surface area (Å²) in [6, 6.07) is 9.55. The molecule has 1 amide bonds. The number of nitrogens with two attached hydrogens (primary N) is 1. The zero-order valence-electron chi connectivity index (χ0n) is 15.3. The standard InChI is InChI=1S/C18H22N6OS.ClH/c1-12-10-13(2)24-17(21-12)22-18(23-24)26-11-14-6-3-4-7-15(14)16(25)20-9-5-8-19;/h3-4,6-7,10H,5,8-9,11,19H2,1-2H3,(H,20,25);1H. The van der Waals surface area contributed by atoms with Gasteiger partial charge in [0.05, 0.1) is 0 Å². The maximum Gasteiger partial charge on any atom is 0.253 e. The zero-order valence-corrected chi connectivity index (χ0v) is 16.9. The molecule has 144 valence electrons. The molecule has 0 radical (unpaired) electrons. The van der Waals surface area contributed by atoms with Gasteiger partial charge in [-0.25, -0.2) is 9.50 Å². The van der Waals surface area contributed by atoms with E-state index in [1.807, 2.05) is 44.2 Å². The van der Waals surface area contributed by atoms with E-state index >= 15 is 0 Å². The largest absolute Gasteiger partial charge is 0.352 e. The number of aromatic nitrogens is 4. The lowest BCUT2D eigenvalue weighted by molar-refractivity contribution is 0.0953. The minimum Gasteiger partial charge on any atom is -0.352 e. The number of hydrogen-bond acceptors (Lipinski definition) is 6. The molecule has 9 heteroatoms. The highest BCUT2D eigenvalue weighted by atomic mass is 35.5. The number of fused-ring (bicyclic) bond motifs is 1. The van der Waals surface area contributed by atoms with Crippen LogP contribution in [0.3, 0.4) is 0 Å². The van der Waals surface area contributed by atoms with E-state index in [-0.39, 0.29) is 18.3 Å². The van der Waals surface area contributed by atoms with Crippen molar-refractivity contribution in [3.05, 3.63) is 52.8 Å². The fourth-order valence-corrected chi connectivity index (χ4v) is 3.44. The second kappa shape index (κ2) is 9.68. The van der Waals surface area contributed by atoms with Gasteiger partial charge in [-0.3, -0.25) is 4.79 Å². The molecular formula is C18H23ClN6OS. The molecule has 1 aromatic carbocycles. The van der Waals surface area contributed by atoms with E-state index in [0.717, 1.165) is 23.4 Å².